The van der Waals surface area contributed by atoms with Crippen molar-refractivity contribution in [1.29, 1.82) is 0 Å². The molecule has 1 aliphatic heterocycles. The number of para-hydroxylation sites is 1. The molecule has 3 aromatic rings. The van der Waals surface area contributed by atoms with Crippen molar-refractivity contribution in [3.05, 3.63) is 59.3 Å². The molecular formula is C23H22F3NO3. The summed E-state index contributed by atoms with van der Waals surface area (Å²) < 4.78 is 44.8. The predicted molar refractivity (Wildman–Crippen MR) is 107 cm³/mol. The van der Waals surface area contributed by atoms with Gasteiger partial charge in [-0.1, -0.05) is 43.7 Å². The molecule has 30 heavy (non-hydrogen) atoms. The van der Waals surface area contributed by atoms with Gasteiger partial charge in [0.05, 0.1) is 29.8 Å². The number of aliphatic carboxylic acids is 1. The van der Waals surface area contributed by atoms with Crippen LogP contribution in [0.2, 0.25) is 0 Å². The number of hydrogen-bond donors (Lipinski definition) is 2. The van der Waals surface area contributed by atoms with Gasteiger partial charge in [-0.15, -0.1) is 0 Å². The lowest BCUT2D eigenvalue weighted by Gasteiger charge is -2.36. The molecule has 158 valence electrons. The van der Waals surface area contributed by atoms with Crippen LogP contribution in [0, 0.1) is 0 Å². The number of carbonyl (C=O) groups is 1. The van der Waals surface area contributed by atoms with Gasteiger partial charge in [0.2, 0.25) is 0 Å². The van der Waals surface area contributed by atoms with Gasteiger partial charge in [-0.25, -0.2) is 0 Å². The van der Waals surface area contributed by atoms with Crippen LogP contribution in [0.1, 0.15) is 43.0 Å². The Balaban J connectivity index is 1.87. The van der Waals surface area contributed by atoms with Gasteiger partial charge in [-0.05, 0) is 36.1 Å². The molecule has 2 N–H and O–H groups in total. The van der Waals surface area contributed by atoms with Gasteiger partial charge in [-0.3, -0.25) is 4.79 Å². The highest BCUT2D eigenvalue weighted by atomic mass is 19.4. The number of alkyl halides is 3. The summed E-state index contributed by atoms with van der Waals surface area (Å²) in [5.74, 6) is -0.932. The van der Waals surface area contributed by atoms with Crippen molar-refractivity contribution in [2.75, 3.05) is 6.61 Å². The smallest absolute Gasteiger partial charge is 0.416 e. The molecule has 0 radical (unpaired) electrons. The van der Waals surface area contributed by atoms with Crippen molar-refractivity contribution in [2.24, 2.45) is 0 Å². The highest BCUT2D eigenvalue weighted by Crippen LogP contribution is 2.44. The topological polar surface area (TPSA) is 62.3 Å². The normalized spacial score (nSPS) is 19.1. The van der Waals surface area contributed by atoms with Crippen LogP contribution in [-0.4, -0.2) is 22.7 Å². The van der Waals surface area contributed by atoms with E-state index in [0.717, 1.165) is 46.3 Å². The van der Waals surface area contributed by atoms with E-state index < -0.39 is 23.3 Å². The van der Waals surface area contributed by atoms with Crippen molar-refractivity contribution >= 4 is 16.9 Å². The van der Waals surface area contributed by atoms with Gasteiger partial charge in [0.15, 0.2) is 0 Å². The number of carboxylic acid groups (broad SMARTS) is 1. The van der Waals surface area contributed by atoms with Crippen LogP contribution in [0.4, 0.5) is 13.2 Å². The second kappa shape index (κ2) is 7.47. The van der Waals surface area contributed by atoms with Crippen LogP contribution in [0.25, 0.3) is 22.0 Å². The third-order valence-electron chi connectivity index (χ3n) is 5.74. The molecule has 4 rings (SSSR count). The molecule has 4 nitrogen and oxygen atoms in total. The largest absolute Gasteiger partial charge is 0.481 e. The van der Waals surface area contributed by atoms with Crippen molar-refractivity contribution in [3.63, 3.8) is 0 Å². The van der Waals surface area contributed by atoms with Crippen LogP contribution in [0.5, 0.6) is 0 Å². The maximum Gasteiger partial charge on any atom is 0.416 e. The average molecular weight is 417 g/mol. The van der Waals surface area contributed by atoms with Crippen LogP contribution >= 0.6 is 0 Å². The van der Waals surface area contributed by atoms with Crippen molar-refractivity contribution in [3.8, 4) is 11.1 Å². The monoisotopic (exact) mass is 417 g/mol. The van der Waals surface area contributed by atoms with Crippen molar-refractivity contribution in [1.82, 2.24) is 4.98 Å². The quantitative estimate of drug-likeness (QED) is 0.544. The highest BCUT2D eigenvalue weighted by Gasteiger charge is 2.41. The van der Waals surface area contributed by atoms with Crippen LogP contribution < -0.4 is 0 Å². The molecule has 2 heterocycles. The lowest BCUT2D eigenvalue weighted by molar-refractivity contribution is -0.149. The summed E-state index contributed by atoms with van der Waals surface area (Å²) in [6, 6.07) is 10.8. The Hall–Kier alpha value is -2.80. The summed E-state index contributed by atoms with van der Waals surface area (Å²) in [5.41, 5.74) is 2.40. The average Bonchev–Trinajstić information content (AvgIpc) is 3.08. The summed E-state index contributed by atoms with van der Waals surface area (Å²) in [7, 11) is 0. The lowest BCUT2D eigenvalue weighted by Crippen LogP contribution is -2.37. The zero-order valence-electron chi connectivity index (χ0n) is 16.5. The molecule has 0 amide bonds. The molecule has 7 heteroatoms. The van der Waals surface area contributed by atoms with E-state index in [1.807, 2.05) is 25.1 Å². The maximum absolute atomic E-state index is 12.9. The van der Waals surface area contributed by atoms with E-state index in [2.05, 4.69) is 4.98 Å². The Morgan fingerprint density at radius 1 is 1.20 bits per heavy atom. The fourth-order valence-corrected chi connectivity index (χ4v) is 4.50. The van der Waals surface area contributed by atoms with Crippen molar-refractivity contribution < 1.29 is 27.8 Å². The highest BCUT2D eigenvalue weighted by molar-refractivity contribution is 5.97. The second-order valence-corrected chi connectivity index (χ2v) is 7.70. The van der Waals surface area contributed by atoms with E-state index in [1.165, 1.54) is 12.1 Å². The van der Waals surface area contributed by atoms with E-state index in [1.54, 1.807) is 0 Å². The maximum atomic E-state index is 12.9. The Bertz CT molecular complexity index is 1090. The minimum absolute atomic E-state index is 0.143. The molecule has 0 bridgehead atoms. The minimum Gasteiger partial charge on any atom is -0.481 e. The zero-order chi connectivity index (χ0) is 21.5. The third-order valence-corrected chi connectivity index (χ3v) is 5.74. The third kappa shape index (κ3) is 3.47. The Morgan fingerprint density at radius 2 is 1.93 bits per heavy atom. The summed E-state index contributed by atoms with van der Waals surface area (Å²) in [6.07, 6.45) is -2.56. The lowest BCUT2D eigenvalue weighted by atomic mass is 9.85. The molecule has 1 unspecified atom stereocenters. The van der Waals surface area contributed by atoms with E-state index in [9.17, 15) is 23.1 Å². The first-order valence-electron chi connectivity index (χ1n) is 9.92. The number of halogens is 3. The fraction of sp³-hybridized carbons (Fsp3) is 0.348. The molecule has 0 saturated heterocycles. The zero-order valence-corrected chi connectivity index (χ0v) is 16.5. The van der Waals surface area contributed by atoms with Gasteiger partial charge >= 0.3 is 12.1 Å². The summed E-state index contributed by atoms with van der Waals surface area (Å²) in [5, 5.41) is 10.5. The fourth-order valence-electron chi connectivity index (χ4n) is 4.50. The molecule has 0 aliphatic carbocycles. The molecule has 0 spiro atoms. The number of H-pyrrole nitrogens is 1. The number of aromatic amines is 1. The van der Waals surface area contributed by atoms with Gasteiger partial charge in [0.1, 0.15) is 5.60 Å². The molecule has 1 aromatic heterocycles. The number of carboxylic acids is 1. The number of hydrogen-bond acceptors (Lipinski definition) is 2. The number of fused-ring (bicyclic) bond motifs is 3. The Morgan fingerprint density at radius 3 is 2.57 bits per heavy atom. The molecular weight excluding hydrogens is 395 g/mol. The number of rotatable bonds is 5. The molecule has 1 atom stereocenters. The first-order valence-corrected chi connectivity index (χ1v) is 9.92. The van der Waals surface area contributed by atoms with E-state index in [4.69, 9.17) is 4.74 Å². The van der Waals surface area contributed by atoms with Gasteiger partial charge in [-0.2, -0.15) is 13.2 Å². The molecule has 0 fully saturated rings. The SMILES string of the molecule is CCCC1(CC(=O)O)OCCc2c1[nH]c1c(-c3ccc(C(F)(F)F)cc3)cccc21. The number of aromatic nitrogens is 1. The number of nitrogens with one attached hydrogen (secondary N) is 1. The number of benzene rings is 2. The second-order valence-electron chi connectivity index (χ2n) is 7.70. The van der Waals surface area contributed by atoms with Gasteiger partial charge in [0.25, 0.3) is 0 Å². The van der Waals surface area contributed by atoms with E-state index in [-0.39, 0.29) is 6.42 Å². The molecule has 2 aromatic carbocycles. The first-order chi connectivity index (χ1) is 14.2. The molecule has 0 saturated carbocycles. The van der Waals surface area contributed by atoms with Crippen LogP contribution in [-0.2, 0) is 27.7 Å². The van der Waals surface area contributed by atoms with Gasteiger partial charge in [0, 0.05) is 10.9 Å². The summed E-state index contributed by atoms with van der Waals surface area (Å²) >= 11 is 0. The van der Waals surface area contributed by atoms with Crippen LogP contribution in [0.3, 0.4) is 0 Å². The van der Waals surface area contributed by atoms with E-state index in [0.29, 0.717) is 25.0 Å². The first kappa shape index (κ1) is 20.5. The van der Waals surface area contributed by atoms with E-state index >= 15 is 0 Å². The predicted octanol–water partition coefficient (Wildman–Crippen LogP) is 5.90. The molecule has 1 aliphatic rings. The minimum atomic E-state index is -4.38. The number of ether oxygens (including phenoxy) is 1. The summed E-state index contributed by atoms with van der Waals surface area (Å²) in [4.78, 5) is 15.0. The summed E-state index contributed by atoms with van der Waals surface area (Å²) in [6.45, 7) is 2.41. The standard InChI is InChI=1S/C23H22F3NO3/c1-2-11-22(13-19(28)29)21-18(10-12-30-22)17-5-3-4-16(20(17)27-21)14-6-8-15(9-7-14)23(24,25)26/h3-9,27H,2,10-13H2,1H3,(H,28,29). The Labute approximate surface area is 171 Å². The van der Waals surface area contributed by atoms with Crippen LogP contribution in [0.15, 0.2) is 42.5 Å². The Kier molecular flexibility index (Phi) is 5.10. The van der Waals surface area contributed by atoms with Crippen molar-refractivity contribution in [2.45, 2.75) is 44.4 Å². The van der Waals surface area contributed by atoms with Gasteiger partial charge < -0.3 is 14.8 Å².